The first kappa shape index (κ1) is 21.3. The monoisotopic (exact) mass is 311 g/mol. The Balaban J connectivity index is 3.06. The minimum absolute atomic E-state index is 0.497. The lowest BCUT2D eigenvalue weighted by atomic mass is 10.1. The Kier molecular flexibility index (Phi) is 17.7. The summed E-state index contributed by atoms with van der Waals surface area (Å²) in [6, 6.07) is 0. The molecular formula is C19H41N3. The number of rotatable bonds is 16. The molecule has 0 aliphatic rings. The van der Waals surface area contributed by atoms with Crippen molar-refractivity contribution in [3.05, 3.63) is 0 Å². The fraction of sp³-hybridized carbons (Fsp3) is 0.947. The van der Waals surface area contributed by atoms with Gasteiger partial charge in [-0.1, -0.05) is 90.9 Å². The number of hydrogen-bond donors (Lipinski definition) is 3. The summed E-state index contributed by atoms with van der Waals surface area (Å²) in [5, 5.41) is 13.9. The van der Waals surface area contributed by atoms with Gasteiger partial charge in [0.25, 0.3) is 0 Å². The highest BCUT2D eigenvalue weighted by Gasteiger charge is 1.95. The fourth-order valence-electron chi connectivity index (χ4n) is 2.63. The van der Waals surface area contributed by atoms with Crippen LogP contribution in [0.5, 0.6) is 0 Å². The Morgan fingerprint density at radius 1 is 0.545 bits per heavy atom. The summed E-state index contributed by atoms with van der Waals surface area (Å²) in [5.74, 6) is 0.497. The topological polar surface area (TPSA) is 47.9 Å². The lowest BCUT2D eigenvalue weighted by Crippen LogP contribution is -2.37. The predicted molar refractivity (Wildman–Crippen MR) is 99.7 cm³/mol. The zero-order valence-electron chi connectivity index (χ0n) is 15.3. The average Bonchev–Trinajstić information content (AvgIpc) is 2.52. The predicted octanol–water partition coefficient (Wildman–Crippen LogP) is 5.60. The van der Waals surface area contributed by atoms with Crippen molar-refractivity contribution in [2.45, 2.75) is 104 Å². The third-order valence-corrected chi connectivity index (χ3v) is 4.16. The Morgan fingerprint density at radius 2 is 0.909 bits per heavy atom. The Bertz CT molecular complexity index is 229. The van der Waals surface area contributed by atoms with E-state index in [2.05, 4.69) is 24.5 Å². The van der Waals surface area contributed by atoms with E-state index in [-0.39, 0.29) is 0 Å². The number of nitrogens with one attached hydrogen (secondary N) is 3. The van der Waals surface area contributed by atoms with Crippen molar-refractivity contribution < 1.29 is 0 Å². The molecule has 0 spiro atoms. The van der Waals surface area contributed by atoms with Crippen molar-refractivity contribution in [1.82, 2.24) is 10.6 Å². The molecule has 0 aromatic rings. The van der Waals surface area contributed by atoms with Gasteiger partial charge in [-0.05, 0) is 12.8 Å². The molecule has 22 heavy (non-hydrogen) atoms. The van der Waals surface area contributed by atoms with Crippen LogP contribution in [-0.2, 0) is 0 Å². The summed E-state index contributed by atoms with van der Waals surface area (Å²) in [6.07, 6.45) is 18.9. The quantitative estimate of drug-likeness (QED) is 0.197. The first-order valence-corrected chi connectivity index (χ1v) is 9.87. The minimum atomic E-state index is 0.497. The van der Waals surface area contributed by atoms with Crippen LogP contribution in [0.25, 0.3) is 0 Å². The van der Waals surface area contributed by atoms with Gasteiger partial charge in [0.15, 0.2) is 5.96 Å². The standard InChI is InChI=1S/C19H41N3/c1-3-5-7-8-9-10-11-12-13-14-15-16-18-22-19(20)21-17-6-4-2/h3-18H2,1-2H3,(H3,20,21,22). The van der Waals surface area contributed by atoms with Crippen molar-refractivity contribution in [3.63, 3.8) is 0 Å². The second kappa shape index (κ2) is 18.3. The van der Waals surface area contributed by atoms with Crippen LogP contribution in [0.3, 0.4) is 0 Å². The number of unbranched alkanes of at least 4 members (excludes halogenated alkanes) is 12. The van der Waals surface area contributed by atoms with Crippen molar-refractivity contribution in [3.8, 4) is 0 Å². The highest BCUT2D eigenvalue weighted by Crippen LogP contribution is 2.11. The number of guanidine groups is 1. The van der Waals surface area contributed by atoms with E-state index in [1.165, 1.54) is 83.5 Å². The SMILES string of the molecule is CCCCCCCCCCCCCCNC(=N)NCCCC. The van der Waals surface area contributed by atoms with Crippen molar-refractivity contribution >= 4 is 5.96 Å². The summed E-state index contributed by atoms with van der Waals surface area (Å²) < 4.78 is 0. The van der Waals surface area contributed by atoms with Crippen molar-refractivity contribution in [2.75, 3.05) is 13.1 Å². The first-order chi connectivity index (χ1) is 10.8. The second-order valence-electron chi connectivity index (χ2n) is 6.47. The van der Waals surface area contributed by atoms with Crippen LogP contribution in [0.15, 0.2) is 0 Å². The number of hydrogen-bond acceptors (Lipinski definition) is 1. The van der Waals surface area contributed by atoms with Gasteiger partial charge < -0.3 is 10.6 Å². The van der Waals surface area contributed by atoms with E-state index < -0.39 is 0 Å². The van der Waals surface area contributed by atoms with Gasteiger partial charge in [0.2, 0.25) is 0 Å². The molecule has 0 aliphatic carbocycles. The van der Waals surface area contributed by atoms with E-state index >= 15 is 0 Å². The molecule has 3 nitrogen and oxygen atoms in total. The summed E-state index contributed by atoms with van der Waals surface area (Å²) in [5.41, 5.74) is 0. The Morgan fingerprint density at radius 3 is 1.36 bits per heavy atom. The molecule has 0 saturated heterocycles. The van der Waals surface area contributed by atoms with Crippen LogP contribution in [0.2, 0.25) is 0 Å². The lowest BCUT2D eigenvalue weighted by Gasteiger charge is -2.09. The molecule has 0 aliphatic heterocycles. The molecule has 0 atom stereocenters. The van der Waals surface area contributed by atoms with E-state index in [1.807, 2.05) is 0 Å². The molecule has 3 heteroatoms. The summed E-state index contributed by atoms with van der Waals surface area (Å²) >= 11 is 0. The molecule has 0 saturated carbocycles. The van der Waals surface area contributed by atoms with Crippen LogP contribution in [-0.4, -0.2) is 19.0 Å². The van der Waals surface area contributed by atoms with E-state index in [0.717, 1.165) is 19.5 Å². The second-order valence-corrected chi connectivity index (χ2v) is 6.47. The molecular weight excluding hydrogens is 270 g/mol. The summed E-state index contributed by atoms with van der Waals surface area (Å²) in [6.45, 7) is 6.31. The summed E-state index contributed by atoms with van der Waals surface area (Å²) in [7, 11) is 0. The van der Waals surface area contributed by atoms with Gasteiger partial charge in [-0.25, -0.2) is 0 Å². The highest BCUT2D eigenvalue weighted by molar-refractivity contribution is 5.76. The van der Waals surface area contributed by atoms with E-state index in [9.17, 15) is 0 Å². The van der Waals surface area contributed by atoms with Gasteiger partial charge in [-0.3, -0.25) is 5.41 Å². The van der Waals surface area contributed by atoms with Gasteiger partial charge in [-0.15, -0.1) is 0 Å². The van der Waals surface area contributed by atoms with Gasteiger partial charge in [-0.2, -0.15) is 0 Å². The Labute approximate surface area is 139 Å². The molecule has 0 bridgehead atoms. The molecule has 0 rings (SSSR count). The molecule has 3 N–H and O–H groups in total. The van der Waals surface area contributed by atoms with Gasteiger partial charge in [0.05, 0.1) is 0 Å². The largest absolute Gasteiger partial charge is 0.357 e. The van der Waals surface area contributed by atoms with Crippen LogP contribution in [0, 0.1) is 5.41 Å². The lowest BCUT2D eigenvalue weighted by molar-refractivity contribution is 0.542. The zero-order valence-corrected chi connectivity index (χ0v) is 15.3. The van der Waals surface area contributed by atoms with E-state index in [1.54, 1.807) is 0 Å². The minimum Gasteiger partial charge on any atom is -0.357 e. The fourth-order valence-corrected chi connectivity index (χ4v) is 2.63. The summed E-state index contributed by atoms with van der Waals surface area (Å²) in [4.78, 5) is 0. The molecule has 0 unspecified atom stereocenters. The third-order valence-electron chi connectivity index (χ3n) is 4.16. The van der Waals surface area contributed by atoms with Crippen LogP contribution < -0.4 is 10.6 Å². The first-order valence-electron chi connectivity index (χ1n) is 9.87. The highest BCUT2D eigenvalue weighted by atomic mass is 15.1. The van der Waals surface area contributed by atoms with Crippen molar-refractivity contribution in [1.29, 1.82) is 5.41 Å². The van der Waals surface area contributed by atoms with Gasteiger partial charge in [0, 0.05) is 13.1 Å². The van der Waals surface area contributed by atoms with Gasteiger partial charge >= 0.3 is 0 Å². The average molecular weight is 312 g/mol. The Hall–Kier alpha value is -0.730. The maximum absolute atomic E-state index is 7.70. The molecule has 0 aromatic heterocycles. The maximum Gasteiger partial charge on any atom is 0.188 e. The molecule has 0 amide bonds. The molecule has 0 fully saturated rings. The van der Waals surface area contributed by atoms with Gasteiger partial charge in [0.1, 0.15) is 0 Å². The normalized spacial score (nSPS) is 10.6. The smallest absolute Gasteiger partial charge is 0.188 e. The van der Waals surface area contributed by atoms with E-state index in [4.69, 9.17) is 5.41 Å². The maximum atomic E-state index is 7.70. The van der Waals surface area contributed by atoms with Crippen molar-refractivity contribution in [2.24, 2.45) is 0 Å². The van der Waals surface area contributed by atoms with Crippen LogP contribution in [0.4, 0.5) is 0 Å². The van der Waals surface area contributed by atoms with E-state index in [0.29, 0.717) is 5.96 Å². The molecule has 0 heterocycles. The molecule has 132 valence electrons. The molecule has 0 radical (unpaired) electrons. The molecule has 0 aromatic carbocycles. The third kappa shape index (κ3) is 17.3. The zero-order chi connectivity index (χ0) is 16.3. The van der Waals surface area contributed by atoms with Crippen LogP contribution >= 0.6 is 0 Å². The van der Waals surface area contributed by atoms with Crippen LogP contribution in [0.1, 0.15) is 104 Å².